The quantitative estimate of drug-likeness (QED) is 0.737. The van der Waals surface area contributed by atoms with E-state index >= 15 is 0 Å². The Hall–Kier alpha value is -0.550. The minimum absolute atomic E-state index is 0.446. The number of aromatic nitrogens is 2. The van der Waals surface area contributed by atoms with Crippen LogP contribution in [0.5, 0.6) is 0 Å². The molecule has 0 spiro atoms. The molecular weight excluding hydrogens is 234 g/mol. The zero-order chi connectivity index (χ0) is 12.5. The first-order valence-electron chi connectivity index (χ1n) is 6.42. The lowest BCUT2D eigenvalue weighted by atomic mass is 10.1. The maximum Gasteiger partial charge on any atom is 0.228 e. The van der Waals surface area contributed by atoms with Gasteiger partial charge in [0.25, 0.3) is 0 Å². The van der Waals surface area contributed by atoms with Crippen molar-refractivity contribution < 1.29 is 4.52 Å². The molecule has 17 heavy (non-hydrogen) atoms. The Morgan fingerprint density at radius 1 is 1.35 bits per heavy atom. The monoisotopic (exact) mass is 257 g/mol. The zero-order valence-corrected chi connectivity index (χ0v) is 11.8. The van der Waals surface area contributed by atoms with Gasteiger partial charge in [-0.15, -0.1) is 0 Å². The average Bonchev–Trinajstić information content (AvgIpc) is 2.79. The molecule has 1 atom stereocenters. The molecule has 0 amide bonds. The lowest BCUT2D eigenvalue weighted by Gasteiger charge is -2.13. The van der Waals surface area contributed by atoms with E-state index < -0.39 is 0 Å². The number of hydrogen-bond donors (Lipinski definition) is 1. The third-order valence-corrected chi connectivity index (χ3v) is 3.41. The molecule has 1 rings (SSSR count). The number of hydrogen-bond acceptors (Lipinski definition) is 5. The number of nitrogens with one attached hydrogen (secondary N) is 1. The summed E-state index contributed by atoms with van der Waals surface area (Å²) in [4.78, 5) is 4.40. The van der Waals surface area contributed by atoms with Gasteiger partial charge in [0.1, 0.15) is 0 Å². The van der Waals surface area contributed by atoms with Crippen molar-refractivity contribution in [2.45, 2.75) is 51.8 Å². The Labute approximate surface area is 108 Å². The molecule has 0 fully saturated rings. The SMILES string of the molecule is CCCNC(CC)Cc1nc(CSCC)no1. The first-order valence-corrected chi connectivity index (χ1v) is 7.58. The summed E-state index contributed by atoms with van der Waals surface area (Å²) in [6.45, 7) is 7.53. The van der Waals surface area contributed by atoms with E-state index in [0.29, 0.717) is 6.04 Å². The maximum absolute atomic E-state index is 5.26. The van der Waals surface area contributed by atoms with Crippen molar-refractivity contribution in [2.24, 2.45) is 0 Å². The van der Waals surface area contributed by atoms with Crippen LogP contribution in [-0.2, 0) is 12.2 Å². The van der Waals surface area contributed by atoms with Gasteiger partial charge in [-0.2, -0.15) is 16.7 Å². The molecule has 0 aliphatic carbocycles. The largest absolute Gasteiger partial charge is 0.339 e. The highest BCUT2D eigenvalue weighted by atomic mass is 32.2. The fourth-order valence-electron chi connectivity index (χ4n) is 1.55. The molecule has 0 radical (unpaired) electrons. The summed E-state index contributed by atoms with van der Waals surface area (Å²) in [5.41, 5.74) is 0. The van der Waals surface area contributed by atoms with Crippen LogP contribution in [0.15, 0.2) is 4.52 Å². The van der Waals surface area contributed by atoms with E-state index in [1.165, 1.54) is 0 Å². The van der Waals surface area contributed by atoms with Crippen molar-refractivity contribution in [1.29, 1.82) is 0 Å². The highest BCUT2D eigenvalue weighted by molar-refractivity contribution is 7.98. The number of rotatable bonds is 9. The summed E-state index contributed by atoms with van der Waals surface area (Å²) in [7, 11) is 0. The lowest BCUT2D eigenvalue weighted by molar-refractivity contribution is 0.351. The summed E-state index contributed by atoms with van der Waals surface area (Å²) in [5, 5.41) is 7.47. The molecule has 0 bridgehead atoms. The second-order valence-corrected chi connectivity index (χ2v) is 5.28. The second-order valence-electron chi connectivity index (χ2n) is 4.00. The van der Waals surface area contributed by atoms with Gasteiger partial charge in [-0.1, -0.05) is 25.9 Å². The molecule has 1 aromatic heterocycles. The molecule has 1 unspecified atom stereocenters. The maximum atomic E-state index is 5.26. The van der Waals surface area contributed by atoms with Gasteiger partial charge < -0.3 is 9.84 Å². The van der Waals surface area contributed by atoms with E-state index in [2.05, 4.69) is 36.2 Å². The molecule has 1 N–H and O–H groups in total. The molecule has 98 valence electrons. The van der Waals surface area contributed by atoms with Gasteiger partial charge >= 0.3 is 0 Å². The fourth-order valence-corrected chi connectivity index (χ4v) is 2.05. The van der Waals surface area contributed by atoms with Crippen LogP contribution in [0.4, 0.5) is 0 Å². The van der Waals surface area contributed by atoms with Crippen molar-refractivity contribution in [3.63, 3.8) is 0 Å². The van der Waals surface area contributed by atoms with Crippen LogP contribution in [-0.4, -0.2) is 28.5 Å². The first-order chi connectivity index (χ1) is 8.30. The predicted molar refractivity (Wildman–Crippen MR) is 72.2 cm³/mol. The van der Waals surface area contributed by atoms with Crippen molar-refractivity contribution in [1.82, 2.24) is 15.5 Å². The van der Waals surface area contributed by atoms with E-state index in [4.69, 9.17) is 4.52 Å². The number of thioether (sulfide) groups is 1. The molecule has 0 saturated carbocycles. The summed E-state index contributed by atoms with van der Waals surface area (Å²) in [6.07, 6.45) is 3.07. The normalized spacial score (nSPS) is 12.9. The van der Waals surface area contributed by atoms with Gasteiger partial charge in [-0.05, 0) is 25.1 Å². The van der Waals surface area contributed by atoms with E-state index in [0.717, 1.165) is 49.0 Å². The van der Waals surface area contributed by atoms with Crippen LogP contribution in [0.2, 0.25) is 0 Å². The Bertz CT molecular complexity index is 304. The van der Waals surface area contributed by atoms with Gasteiger partial charge in [0.15, 0.2) is 5.82 Å². The Morgan fingerprint density at radius 3 is 2.82 bits per heavy atom. The van der Waals surface area contributed by atoms with Crippen molar-refractivity contribution >= 4 is 11.8 Å². The molecular formula is C12H23N3OS. The Kier molecular flexibility index (Phi) is 7.28. The van der Waals surface area contributed by atoms with Crippen LogP contribution in [0.3, 0.4) is 0 Å². The molecule has 1 heterocycles. The average molecular weight is 257 g/mol. The van der Waals surface area contributed by atoms with E-state index in [1.54, 1.807) is 0 Å². The molecule has 5 heteroatoms. The first kappa shape index (κ1) is 14.5. The smallest absolute Gasteiger partial charge is 0.228 e. The predicted octanol–water partition coefficient (Wildman–Crippen LogP) is 2.64. The third-order valence-electron chi connectivity index (χ3n) is 2.54. The molecule has 0 aliphatic rings. The van der Waals surface area contributed by atoms with Gasteiger partial charge in [-0.3, -0.25) is 0 Å². The fraction of sp³-hybridized carbons (Fsp3) is 0.833. The molecule has 0 aromatic carbocycles. The van der Waals surface area contributed by atoms with Gasteiger partial charge in [0.2, 0.25) is 5.89 Å². The zero-order valence-electron chi connectivity index (χ0n) is 11.0. The summed E-state index contributed by atoms with van der Waals surface area (Å²) < 4.78 is 5.26. The minimum atomic E-state index is 0.446. The lowest BCUT2D eigenvalue weighted by Crippen LogP contribution is -2.31. The van der Waals surface area contributed by atoms with Crippen LogP contribution in [0.25, 0.3) is 0 Å². The molecule has 0 aliphatic heterocycles. The van der Waals surface area contributed by atoms with Crippen molar-refractivity contribution in [2.75, 3.05) is 12.3 Å². The number of nitrogens with zero attached hydrogens (tertiary/aromatic N) is 2. The minimum Gasteiger partial charge on any atom is -0.339 e. The van der Waals surface area contributed by atoms with Gasteiger partial charge in [0, 0.05) is 12.5 Å². The van der Waals surface area contributed by atoms with Crippen LogP contribution >= 0.6 is 11.8 Å². The highest BCUT2D eigenvalue weighted by Gasteiger charge is 2.12. The molecule has 4 nitrogen and oxygen atoms in total. The topological polar surface area (TPSA) is 51.0 Å². The Morgan fingerprint density at radius 2 is 2.18 bits per heavy atom. The van der Waals surface area contributed by atoms with E-state index in [1.807, 2.05) is 11.8 Å². The standard InChI is InChI=1S/C12H23N3OS/c1-4-7-13-10(5-2)8-12-14-11(15-16-12)9-17-6-3/h10,13H,4-9H2,1-3H3. The van der Waals surface area contributed by atoms with Crippen LogP contribution < -0.4 is 5.32 Å². The summed E-state index contributed by atoms with van der Waals surface area (Å²) >= 11 is 1.81. The highest BCUT2D eigenvalue weighted by Crippen LogP contribution is 2.10. The molecule has 1 aromatic rings. The van der Waals surface area contributed by atoms with E-state index in [9.17, 15) is 0 Å². The van der Waals surface area contributed by atoms with Gasteiger partial charge in [0.05, 0.1) is 5.75 Å². The van der Waals surface area contributed by atoms with Crippen molar-refractivity contribution in [3.8, 4) is 0 Å². The third kappa shape index (κ3) is 5.55. The summed E-state index contributed by atoms with van der Waals surface area (Å²) in [5.74, 6) is 3.50. The summed E-state index contributed by atoms with van der Waals surface area (Å²) in [6, 6.07) is 0.446. The molecule has 0 saturated heterocycles. The van der Waals surface area contributed by atoms with Gasteiger partial charge in [-0.25, -0.2) is 0 Å². The van der Waals surface area contributed by atoms with E-state index in [-0.39, 0.29) is 0 Å². The Balaban J connectivity index is 2.40. The van der Waals surface area contributed by atoms with Crippen molar-refractivity contribution in [3.05, 3.63) is 11.7 Å². The van der Waals surface area contributed by atoms with Crippen LogP contribution in [0, 0.1) is 0 Å². The van der Waals surface area contributed by atoms with Crippen LogP contribution in [0.1, 0.15) is 45.3 Å². The second kappa shape index (κ2) is 8.53.